The van der Waals surface area contributed by atoms with E-state index >= 15 is 0 Å². The number of hydrogen-bond donors (Lipinski definition) is 1. The summed E-state index contributed by atoms with van der Waals surface area (Å²) in [5, 5.41) is 3.61. The summed E-state index contributed by atoms with van der Waals surface area (Å²) in [4.78, 5) is 48.7. The number of hydrogen-bond acceptors (Lipinski definition) is 7. The molecule has 1 aromatic carbocycles. The SMILES string of the molecule is COC(=O)c1ccccc1NC(=O)Cn1c(=O)nc2c3c4c(sc3ncn21)C[C@@H](C(C)(C)C)CC4. The van der Waals surface area contributed by atoms with Gasteiger partial charge in [-0.2, -0.15) is 4.98 Å². The fourth-order valence-corrected chi connectivity index (χ4v) is 6.04. The lowest BCUT2D eigenvalue weighted by molar-refractivity contribution is -0.117. The number of anilines is 1. The zero-order chi connectivity index (χ0) is 24.9. The minimum atomic E-state index is -0.560. The van der Waals surface area contributed by atoms with Gasteiger partial charge >= 0.3 is 11.7 Å². The molecule has 9 nitrogen and oxygen atoms in total. The van der Waals surface area contributed by atoms with Gasteiger partial charge < -0.3 is 10.1 Å². The standard InChI is InChI=1S/C25H27N5O4S/c1-25(2,3)14-9-10-16-18(11-14)35-22-20(16)21-28-24(33)29(30(21)13-26-22)12-19(31)27-17-8-6-5-7-15(17)23(32)34-4/h5-8,13-14H,9-12H2,1-4H3,(H,27,31)/t14-/m0/s1. The summed E-state index contributed by atoms with van der Waals surface area (Å²) >= 11 is 1.67. The van der Waals surface area contributed by atoms with Crippen LogP contribution in [-0.4, -0.2) is 38.2 Å². The van der Waals surface area contributed by atoms with Crippen LogP contribution in [0.3, 0.4) is 0 Å². The number of nitrogens with one attached hydrogen (secondary N) is 1. The first-order chi connectivity index (χ1) is 16.7. The molecule has 1 amide bonds. The van der Waals surface area contributed by atoms with Gasteiger partial charge in [0.2, 0.25) is 5.91 Å². The maximum atomic E-state index is 12.8. The number of carbonyl (C=O) groups is 2. The Balaban J connectivity index is 1.48. The van der Waals surface area contributed by atoms with Gasteiger partial charge in [-0.1, -0.05) is 32.9 Å². The molecule has 1 aliphatic rings. The van der Waals surface area contributed by atoms with Crippen LogP contribution in [0.2, 0.25) is 0 Å². The second kappa shape index (κ2) is 8.60. The van der Waals surface area contributed by atoms with Gasteiger partial charge in [-0.3, -0.25) is 4.79 Å². The van der Waals surface area contributed by atoms with Crippen LogP contribution in [0.15, 0.2) is 35.4 Å². The zero-order valence-corrected chi connectivity index (χ0v) is 20.9. The third-order valence-corrected chi connectivity index (χ3v) is 7.94. The van der Waals surface area contributed by atoms with Crippen molar-refractivity contribution < 1.29 is 14.3 Å². The number of carbonyl (C=O) groups excluding carboxylic acids is 2. The van der Waals surface area contributed by atoms with Gasteiger partial charge in [-0.15, -0.1) is 11.3 Å². The molecular weight excluding hydrogens is 466 g/mol. The molecule has 3 aromatic heterocycles. The van der Waals surface area contributed by atoms with Crippen LogP contribution in [0.25, 0.3) is 15.9 Å². The maximum absolute atomic E-state index is 12.8. The fraction of sp³-hybridized carbons (Fsp3) is 0.400. The zero-order valence-electron chi connectivity index (χ0n) is 20.1. The molecule has 0 spiro atoms. The van der Waals surface area contributed by atoms with Gasteiger partial charge in [0.05, 0.1) is 23.7 Å². The van der Waals surface area contributed by atoms with Crippen molar-refractivity contribution in [2.24, 2.45) is 11.3 Å². The molecule has 10 heteroatoms. The van der Waals surface area contributed by atoms with Crippen LogP contribution >= 0.6 is 11.3 Å². The molecule has 1 N–H and O–H groups in total. The van der Waals surface area contributed by atoms with E-state index in [4.69, 9.17) is 4.74 Å². The highest BCUT2D eigenvalue weighted by molar-refractivity contribution is 7.19. The van der Waals surface area contributed by atoms with E-state index in [0.29, 0.717) is 17.3 Å². The van der Waals surface area contributed by atoms with Crippen molar-refractivity contribution in [2.45, 2.75) is 46.6 Å². The van der Waals surface area contributed by atoms with Gasteiger partial charge in [0.25, 0.3) is 0 Å². The molecule has 0 radical (unpaired) electrons. The number of esters is 1. The number of benzene rings is 1. The predicted octanol–water partition coefficient (Wildman–Crippen LogP) is 3.68. The number of aryl methyl sites for hydroxylation is 1. The summed E-state index contributed by atoms with van der Waals surface area (Å²) in [5.74, 6) is -0.434. The van der Waals surface area contributed by atoms with Crippen LogP contribution in [-0.2, 0) is 28.9 Å². The lowest BCUT2D eigenvalue weighted by Gasteiger charge is -2.33. The molecule has 35 heavy (non-hydrogen) atoms. The van der Waals surface area contributed by atoms with Gasteiger partial charge in [0.15, 0.2) is 5.65 Å². The Kier molecular flexibility index (Phi) is 5.71. The van der Waals surface area contributed by atoms with E-state index in [9.17, 15) is 14.4 Å². The third kappa shape index (κ3) is 4.12. The van der Waals surface area contributed by atoms with E-state index in [1.165, 1.54) is 22.2 Å². The average Bonchev–Trinajstić information content (AvgIpc) is 3.35. The monoisotopic (exact) mass is 493 g/mol. The molecule has 1 atom stereocenters. The van der Waals surface area contributed by atoms with Crippen LogP contribution in [0.5, 0.6) is 0 Å². The molecule has 0 fully saturated rings. The van der Waals surface area contributed by atoms with Crippen molar-refractivity contribution in [1.29, 1.82) is 0 Å². The molecule has 3 heterocycles. The number of nitrogens with zero attached hydrogens (tertiary/aromatic N) is 4. The van der Waals surface area contributed by atoms with Gasteiger partial charge in [-0.25, -0.2) is 23.8 Å². The van der Waals surface area contributed by atoms with E-state index in [2.05, 4.69) is 36.1 Å². The normalized spacial score (nSPS) is 15.8. The fourth-order valence-electron chi connectivity index (χ4n) is 4.78. The molecule has 182 valence electrons. The van der Waals surface area contributed by atoms with Crippen LogP contribution < -0.4 is 11.0 Å². The minimum absolute atomic E-state index is 0.231. The molecule has 0 aliphatic heterocycles. The Morgan fingerprint density at radius 2 is 2.03 bits per heavy atom. The smallest absolute Gasteiger partial charge is 0.365 e. The molecule has 4 aromatic rings. The Morgan fingerprint density at radius 3 is 2.77 bits per heavy atom. The van der Waals surface area contributed by atoms with Gasteiger partial charge in [0.1, 0.15) is 17.7 Å². The second-order valence-corrected chi connectivity index (χ2v) is 11.0. The minimum Gasteiger partial charge on any atom is -0.465 e. The van der Waals surface area contributed by atoms with E-state index in [-0.39, 0.29) is 17.5 Å². The highest BCUT2D eigenvalue weighted by Crippen LogP contribution is 2.43. The molecule has 0 saturated carbocycles. The van der Waals surface area contributed by atoms with E-state index in [0.717, 1.165) is 29.5 Å². The first-order valence-corrected chi connectivity index (χ1v) is 12.3. The topological polar surface area (TPSA) is 108 Å². The summed E-state index contributed by atoms with van der Waals surface area (Å²) in [7, 11) is 1.28. The first kappa shape index (κ1) is 23.2. The molecule has 0 bridgehead atoms. The van der Waals surface area contributed by atoms with E-state index < -0.39 is 17.6 Å². The number of methoxy groups -OCH3 is 1. The summed E-state index contributed by atoms with van der Waals surface area (Å²) in [6, 6.07) is 6.55. The van der Waals surface area contributed by atoms with Crippen molar-refractivity contribution in [3.8, 4) is 0 Å². The average molecular weight is 494 g/mol. The highest BCUT2D eigenvalue weighted by Gasteiger charge is 2.32. The summed E-state index contributed by atoms with van der Waals surface area (Å²) in [5.41, 5.74) is 1.99. The van der Waals surface area contributed by atoms with Crippen LogP contribution in [0.1, 0.15) is 48.0 Å². The number of thiophene rings is 1. The van der Waals surface area contributed by atoms with Crippen molar-refractivity contribution in [3.05, 3.63) is 57.1 Å². The predicted molar refractivity (Wildman–Crippen MR) is 134 cm³/mol. The van der Waals surface area contributed by atoms with E-state index in [1.54, 1.807) is 46.4 Å². The van der Waals surface area contributed by atoms with Gasteiger partial charge in [0, 0.05) is 4.88 Å². The summed E-state index contributed by atoms with van der Waals surface area (Å²) in [6.45, 7) is 6.56. The van der Waals surface area contributed by atoms with Crippen LogP contribution in [0, 0.1) is 11.3 Å². The molecule has 0 saturated heterocycles. The van der Waals surface area contributed by atoms with E-state index in [1.807, 2.05) is 0 Å². The number of aromatic nitrogens is 4. The summed E-state index contributed by atoms with van der Waals surface area (Å²) < 4.78 is 7.59. The Labute approximate surface area is 205 Å². The first-order valence-electron chi connectivity index (χ1n) is 11.5. The number of amides is 1. The molecular formula is C25H27N5O4S. The highest BCUT2D eigenvalue weighted by atomic mass is 32.1. The van der Waals surface area contributed by atoms with Crippen molar-refractivity contribution >= 4 is 44.8 Å². The third-order valence-electron chi connectivity index (χ3n) is 6.78. The number of fused-ring (bicyclic) bond motifs is 5. The molecule has 0 unspecified atom stereocenters. The van der Waals surface area contributed by atoms with Crippen molar-refractivity contribution in [3.63, 3.8) is 0 Å². The van der Waals surface area contributed by atoms with Crippen molar-refractivity contribution in [2.75, 3.05) is 12.4 Å². The van der Waals surface area contributed by atoms with Gasteiger partial charge in [-0.05, 0) is 48.3 Å². The Bertz CT molecular complexity index is 1520. The number of rotatable bonds is 4. The summed E-state index contributed by atoms with van der Waals surface area (Å²) in [6.07, 6.45) is 4.55. The van der Waals surface area contributed by atoms with Crippen molar-refractivity contribution in [1.82, 2.24) is 19.2 Å². The second-order valence-electron chi connectivity index (χ2n) is 9.94. The lowest BCUT2D eigenvalue weighted by atomic mass is 9.72. The largest absolute Gasteiger partial charge is 0.465 e. The number of ether oxygens (including phenoxy) is 1. The number of para-hydroxylation sites is 1. The lowest BCUT2D eigenvalue weighted by Crippen LogP contribution is -2.29. The molecule has 5 rings (SSSR count). The maximum Gasteiger partial charge on any atom is 0.365 e. The molecule has 1 aliphatic carbocycles. The van der Waals surface area contributed by atoms with Crippen LogP contribution in [0.4, 0.5) is 5.69 Å². The Morgan fingerprint density at radius 1 is 1.26 bits per heavy atom. The quantitative estimate of drug-likeness (QED) is 0.435. The Hall–Kier alpha value is -3.53.